The molecule has 2 saturated heterocycles. The van der Waals surface area contributed by atoms with Crippen molar-refractivity contribution in [1.82, 2.24) is 9.88 Å². The molecule has 0 saturated carbocycles. The van der Waals surface area contributed by atoms with E-state index in [1.165, 1.54) is 18.4 Å². The number of methoxy groups -OCH3 is 1. The maximum absolute atomic E-state index is 10.6. The first-order valence-electron chi connectivity index (χ1n) is 11.7. The largest absolute Gasteiger partial charge is 0.490 e. The first-order valence-corrected chi connectivity index (χ1v) is 12.0. The monoisotopic (exact) mass is 513 g/mol. The lowest BCUT2D eigenvalue weighted by Crippen LogP contribution is -2.54. The van der Waals surface area contributed by atoms with Gasteiger partial charge >= 0.3 is 12.1 Å². The molecule has 0 spiro atoms. The van der Waals surface area contributed by atoms with E-state index in [2.05, 4.69) is 39.0 Å². The normalized spacial score (nSPS) is 21.8. The highest BCUT2D eigenvalue weighted by Crippen LogP contribution is 2.30. The minimum atomic E-state index is -5.08. The number of carboxylic acid groups (broad SMARTS) is 1. The number of alkyl halides is 3. The fourth-order valence-electron chi connectivity index (χ4n) is 4.79. The van der Waals surface area contributed by atoms with Crippen molar-refractivity contribution in [2.75, 3.05) is 31.6 Å². The van der Waals surface area contributed by atoms with Gasteiger partial charge in [0.25, 0.3) is 0 Å². The number of carboxylic acids is 1. The van der Waals surface area contributed by atoms with Crippen LogP contribution >= 0.6 is 11.6 Å². The molecule has 0 bridgehead atoms. The van der Waals surface area contributed by atoms with E-state index >= 15 is 0 Å². The van der Waals surface area contributed by atoms with E-state index in [0.29, 0.717) is 18.2 Å². The highest BCUT2D eigenvalue weighted by atomic mass is 35.5. The van der Waals surface area contributed by atoms with Gasteiger partial charge < -0.3 is 14.7 Å². The molecule has 2 aliphatic heterocycles. The SMILES string of the molecule is CO[C@@H]1CCN(C2CCN(c3ccccn3)CC2)[C@@H](Cc2ccc(Cl)cc2)C1.O=C(O)C(F)(F)F. The van der Waals surface area contributed by atoms with Crippen LogP contribution in [0.5, 0.6) is 0 Å². The number of rotatable bonds is 5. The number of hydrogen-bond donors (Lipinski definition) is 1. The number of benzene rings is 1. The van der Waals surface area contributed by atoms with E-state index in [9.17, 15) is 13.2 Å². The minimum absolute atomic E-state index is 0.377. The summed E-state index contributed by atoms with van der Waals surface area (Å²) in [4.78, 5) is 18.6. The van der Waals surface area contributed by atoms with Crippen molar-refractivity contribution < 1.29 is 27.8 Å². The number of nitrogens with zero attached hydrogens (tertiary/aromatic N) is 3. The Kier molecular flexibility index (Phi) is 9.77. The predicted octanol–water partition coefficient (Wildman–Crippen LogP) is 5.06. The first-order chi connectivity index (χ1) is 16.7. The van der Waals surface area contributed by atoms with Gasteiger partial charge in [-0.15, -0.1) is 0 Å². The zero-order chi connectivity index (χ0) is 25.4. The molecule has 10 heteroatoms. The van der Waals surface area contributed by atoms with Crippen molar-refractivity contribution in [3.8, 4) is 0 Å². The summed E-state index contributed by atoms with van der Waals surface area (Å²) in [5.41, 5.74) is 1.36. The molecule has 6 nitrogen and oxygen atoms in total. The molecule has 2 aliphatic rings. The Balaban J connectivity index is 0.000000429. The van der Waals surface area contributed by atoms with E-state index < -0.39 is 12.1 Å². The van der Waals surface area contributed by atoms with Gasteiger partial charge in [-0.1, -0.05) is 29.8 Å². The van der Waals surface area contributed by atoms with E-state index in [0.717, 1.165) is 49.7 Å². The van der Waals surface area contributed by atoms with Crippen molar-refractivity contribution in [3.05, 3.63) is 59.2 Å². The molecule has 0 aliphatic carbocycles. The maximum Gasteiger partial charge on any atom is 0.490 e. The number of piperidine rings is 2. The second-order valence-electron chi connectivity index (χ2n) is 8.81. The van der Waals surface area contributed by atoms with Crippen LogP contribution in [0.1, 0.15) is 31.2 Å². The Morgan fingerprint density at radius 1 is 1.11 bits per heavy atom. The van der Waals surface area contributed by atoms with E-state index in [-0.39, 0.29) is 0 Å². The second kappa shape index (κ2) is 12.6. The lowest BCUT2D eigenvalue weighted by atomic mass is 9.90. The summed E-state index contributed by atoms with van der Waals surface area (Å²) in [7, 11) is 1.85. The molecule has 192 valence electrons. The minimum Gasteiger partial charge on any atom is -0.475 e. The summed E-state index contributed by atoms with van der Waals surface area (Å²) in [5.74, 6) is -1.65. The zero-order valence-corrected chi connectivity index (χ0v) is 20.4. The molecule has 1 N–H and O–H groups in total. The van der Waals surface area contributed by atoms with Gasteiger partial charge in [0.15, 0.2) is 0 Å². The van der Waals surface area contributed by atoms with Crippen LogP contribution in [-0.2, 0) is 16.0 Å². The molecule has 1 aromatic carbocycles. The Bertz CT molecular complexity index is 923. The lowest BCUT2D eigenvalue weighted by molar-refractivity contribution is -0.192. The molecule has 2 atom stereocenters. The van der Waals surface area contributed by atoms with Crippen LogP contribution in [0.15, 0.2) is 48.7 Å². The molecular formula is C25H31ClF3N3O3. The molecule has 0 unspecified atom stereocenters. The third kappa shape index (κ3) is 8.08. The second-order valence-corrected chi connectivity index (χ2v) is 9.25. The number of anilines is 1. The Labute approximate surface area is 208 Å². The van der Waals surface area contributed by atoms with Gasteiger partial charge in [-0.05, 0) is 61.9 Å². The quantitative estimate of drug-likeness (QED) is 0.603. The maximum atomic E-state index is 10.6. The van der Waals surface area contributed by atoms with Crippen LogP contribution in [-0.4, -0.2) is 72.1 Å². The van der Waals surface area contributed by atoms with Gasteiger partial charge in [0.1, 0.15) is 5.82 Å². The van der Waals surface area contributed by atoms with E-state index in [4.69, 9.17) is 26.2 Å². The Morgan fingerprint density at radius 2 is 1.77 bits per heavy atom. The number of likely N-dealkylation sites (tertiary alicyclic amines) is 1. The predicted molar refractivity (Wildman–Crippen MR) is 129 cm³/mol. The topological polar surface area (TPSA) is 65.9 Å². The highest BCUT2D eigenvalue weighted by Gasteiger charge is 2.38. The average Bonchev–Trinajstić information content (AvgIpc) is 2.86. The zero-order valence-electron chi connectivity index (χ0n) is 19.6. The number of pyridine rings is 1. The number of carbonyl (C=O) groups is 1. The summed E-state index contributed by atoms with van der Waals surface area (Å²) >= 11 is 6.07. The lowest BCUT2D eigenvalue weighted by Gasteiger charge is -2.46. The standard InChI is InChI=1S/C23H30ClN3O.C2HF3O2/c1-28-22-11-15-27(21(17-22)16-18-5-7-19(24)8-6-18)20-9-13-26(14-10-20)23-4-2-3-12-25-23;3-2(4,5)1(6)7/h2-8,12,20-22H,9-11,13-17H2,1H3;(H,6,7)/t21-,22+;/m0./s1. The van der Waals surface area contributed by atoms with Crippen LogP contribution in [0, 0.1) is 0 Å². The van der Waals surface area contributed by atoms with Gasteiger partial charge in [-0.3, -0.25) is 4.90 Å². The molecule has 1 aromatic heterocycles. The number of ether oxygens (including phenoxy) is 1. The molecule has 35 heavy (non-hydrogen) atoms. The summed E-state index contributed by atoms with van der Waals surface area (Å²) in [5, 5.41) is 7.93. The summed E-state index contributed by atoms with van der Waals surface area (Å²) in [6, 6.07) is 15.7. The van der Waals surface area contributed by atoms with Gasteiger partial charge in [-0.2, -0.15) is 13.2 Å². The molecule has 2 aromatic rings. The Morgan fingerprint density at radius 3 is 2.31 bits per heavy atom. The first kappa shape index (κ1) is 27.2. The summed E-state index contributed by atoms with van der Waals surface area (Å²) < 4.78 is 37.5. The van der Waals surface area contributed by atoms with E-state index in [1.54, 1.807) is 0 Å². The fraction of sp³-hybridized carbons (Fsp3) is 0.520. The molecule has 0 radical (unpaired) electrons. The number of hydrogen-bond acceptors (Lipinski definition) is 5. The molecule has 4 rings (SSSR count). The van der Waals surface area contributed by atoms with E-state index in [1.807, 2.05) is 31.5 Å². The third-order valence-corrected chi connectivity index (χ3v) is 6.83. The van der Waals surface area contributed by atoms with Crippen LogP contribution in [0.3, 0.4) is 0 Å². The average molecular weight is 514 g/mol. The summed E-state index contributed by atoms with van der Waals surface area (Å²) in [6.45, 7) is 3.30. The van der Waals surface area contributed by atoms with Crippen LogP contribution in [0.4, 0.5) is 19.0 Å². The summed E-state index contributed by atoms with van der Waals surface area (Å²) in [6.07, 6.45) is 2.89. The molecular weight excluding hydrogens is 483 g/mol. The smallest absolute Gasteiger partial charge is 0.475 e. The van der Waals surface area contributed by atoms with Crippen LogP contribution < -0.4 is 4.90 Å². The van der Waals surface area contributed by atoms with Gasteiger partial charge in [0.05, 0.1) is 6.10 Å². The number of aromatic nitrogens is 1. The molecule has 2 fully saturated rings. The van der Waals surface area contributed by atoms with Crippen molar-refractivity contribution >= 4 is 23.4 Å². The van der Waals surface area contributed by atoms with Crippen molar-refractivity contribution in [2.24, 2.45) is 0 Å². The number of halogens is 4. The van der Waals surface area contributed by atoms with Crippen molar-refractivity contribution in [1.29, 1.82) is 0 Å². The van der Waals surface area contributed by atoms with Crippen molar-refractivity contribution in [2.45, 2.75) is 56.5 Å². The fourth-order valence-corrected chi connectivity index (χ4v) is 4.91. The third-order valence-electron chi connectivity index (χ3n) is 6.58. The van der Waals surface area contributed by atoms with Gasteiger partial charge in [0, 0.05) is 50.0 Å². The van der Waals surface area contributed by atoms with Crippen LogP contribution in [0.25, 0.3) is 0 Å². The van der Waals surface area contributed by atoms with Gasteiger partial charge in [-0.25, -0.2) is 9.78 Å². The number of aliphatic carboxylic acids is 1. The highest BCUT2D eigenvalue weighted by molar-refractivity contribution is 6.30. The molecule has 3 heterocycles. The van der Waals surface area contributed by atoms with Gasteiger partial charge in [0.2, 0.25) is 0 Å². The van der Waals surface area contributed by atoms with Crippen molar-refractivity contribution in [3.63, 3.8) is 0 Å². The molecule has 0 amide bonds. The Hall–Kier alpha value is -2.36. The van der Waals surface area contributed by atoms with Crippen LogP contribution in [0.2, 0.25) is 5.02 Å².